The maximum atomic E-state index is 15.5. The predicted octanol–water partition coefficient (Wildman–Crippen LogP) is 6.70. The summed E-state index contributed by atoms with van der Waals surface area (Å²) in [5.41, 5.74) is 1.01. The number of hydrogen-bond donors (Lipinski definition) is 1. The molecule has 0 spiro atoms. The molecule has 4 rings (SSSR count). The van der Waals surface area contributed by atoms with Crippen LogP contribution in [0.2, 0.25) is 5.02 Å². The van der Waals surface area contributed by atoms with Crippen LogP contribution in [0.25, 0.3) is 10.9 Å². The highest BCUT2D eigenvalue weighted by molar-refractivity contribution is 8.01. The highest BCUT2D eigenvalue weighted by Crippen LogP contribution is 2.38. The van der Waals surface area contributed by atoms with Gasteiger partial charge in [-0.3, -0.25) is 9.78 Å². The van der Waals surface area contributed by atoms with Gasteiger partial charge in [-0.1, -0.05) is 11.6 Å². The molecule has 3 unspecified atom stereocenters. The number of nitrogens with zero attached hydrogens (tertiary/aromatic N) is 2. The van der Waals surface area contributed by atoms with Crippen molar-refractivity contribution in [2.45, 2.75) is 29.6 Å². The number of aromatic nitrogens is 1. The number of alkyl halides is 1. The van der Waals surface area contributed by atoms with E-state index in [-0.39, 0.29) is 23.2 Å². The molecular formula is C25H27ClF2N2O3S2. The first-order chi connectivity index (χ1) is 16.9. The lowest BCUT2D eigenvalue weighted by Crippen LogP contribution is -2.44. The Balaban J connectivity index is 1.37. The van der Waals surface area contributed by atoms with Crippen LogP contribution in [-0.4, -0.2) is 53.5 Å². The predicted molar refractivity (Wildman–Crippen MR) is 137 cm³/mol. The number of rotatable bonds is 10. The summed E-state index contributed by atoms with van der Waals surface area (Å²) in [5, 5.41) is 12.2. The standard InChI is InChI=1S/C25H27ClF2N2O3S2/c1-33-17-3-5-22-18(11-17)24(20(26)12-29-22)21(28)4-2-15-6-7-30(13-19(15)25(31)32)8-9-34-23-10-16(27)14-35-23/h3,5,10-12,14-15,19,21H,2,4,6-9,13H2,1H3,(H,31,32). The number of carboxylic acid groups (broad SMARTS) is 1. The lowest BCUT2D eigenvalue weighted by Gasteiger charge is -2.36. The smallest absolute Gasteiger partial charge is 0.308 e. The number of carboxylic acids is 1. The topological polar surface area (TPSA) is 62.7 Å². The van der Waals surface area contributed by atoms with Crippen LogP contribution in [0.4, 0.5) is 8.78 Å². The molecule has 1 fully saturated rings. The molecule has 3 atom stereocenters. The second-order valence-corrected chi connectivity index (χ2v) is 11.4. The van der Waals surface area contributed by atoms with Crippen LogP contribution >= 0.6 is 34.7 Å². The fourth-order valence-electron chi connectivity index (χ4n) is 4.66. The van der Waals surface area contributed by atoms with Gasteiger partial charge in [-0.15, -0.1) is 23.1 Å². The van der Waals surface area contributed by atoms with E-state index in [0.29, 0.717) is 41.6 Å². The molecule has 1 N–H and O–H groups in total. The van der Waals surface area contributed by atoms with Crippen LogP contribution in [0.3, 0.4) is 0 Å². The minimum absolute atomic E-state index is 0.109. The highest BCUT2D eigenvalue weighted by atomic mass is 35.5. The van der Waals surface area contributed by atoms with Crippen molar-refractivity contribution in [1.29, 1.82) is 0 Å². The number of benzene rings is 1. The fraction of sp³-hybridized carbons (Fsp3) is 0.440. The van der Waals surface area contributed by atoms with E-state index in [2.05, 4.69) is 9.88 Å². The number of thioether (sulfide) groups is 1. The van der Waals surface area contributed by atoms with Crippen LogP contribution in [0.5, 0.6) is 5.75 Å². The number of fused-ring (bicyclic) bond motifs is 1. The van der Waals surface area contributed by atoms with E-state index >= 15 is 4.39 Å². The monoisotopic (exact) mass is 540 g/mol. The van der Waals surface area contributed by atoms with Crippen molar-refractivity contribution in [2.24, 2.45) is 11.8 Å². The molecule has 0 radical (unpaired) electrons. The van der Waals surface area contributed by atoms with E-state index in [9.17, 15) is 14.3 Å². The Morgan fingerprint density at radius 2 is 2.26 bits per heavy atom. The first-order valence-corrected chi connectivity index (χ1v) is 13.7. The number of halogens is 3. The van der Waals surface area contributed by atoms with Crippen molar-refractivity contribution < 1.29 is 23.4 Å². The molecule has 5 nitrogen and oxygen atoms in total. The number of ether oxygens (including phenoxy) is 1. The molecule has 10 heteroatoms. The lowest BCUT2D eigenvalue weighted by molar-refractivity contribution is -0.146. The minimum atomic E-state index is -1.34. The first kappa shape index (κ1) is 26.1. The Hall–Kier alpha value is -1.94. The Labute approximate surface area is 216 Å². The normalized spacial score (nSPS) is 19.7. The third-order valence-electron chi connectivity index (χ3n) is 6.52. The average molecular weight is 541 g/mol. The van der Waals surface area contributed by atoms with E-state index in [1.54, 1.807) is 37.1 Å². The van der Waals surface area contributed by atoms with Gasteiger partial charge in [0.05, 0.1) is 27.8 Å². The van der Waals surface area contributed by atoms with Gasteiger partial charge in [-0.25, -0.2) is 8.78 Å². The molecule has 3 aromatic rings. The molecular weight excluding hydrogens is 514 g/mol. The number of likely N-dealkylation sites (tertiary alicyclic amines) is 1. The Kier molecular flexibility index (Phi) is 8.86. The summed E-state index contributed by atoms with van der Waals surface area (Å²) in [6.45, 7) is 1.93. The van der Waals surface area contributed by atoms with Gasteiger partial charge in [-0.2, -0.15) is 0 Å². The van der Waals surface area contributed by atoms with Crippen LogP contribution in [0, 0.1) is 17.7 Å². The number of carbonyl (C=O) groups is 1. The quantitative estimate of drug-likeness (QED) is 0.289. The number of pyridine rings is 1. The summed E-state index contributed by atoms with van der Waals surface area (Å²) >= 11 is 9.29. The number of thiophene rings is 1. The van der Waals surface area contributed by atoms with Gasteiger partial charge in [0, 0.05) is 41.4 Å². The van der Waals surface area contributed by atoms with Crippen LogP contribution in [-0.2, 0) is 4.79 Å². The molecule has 2 aromatic heterocycles. The molecule has 0 aliphatic carbocycles. The number of methoxy groups -OCH3 is 1. The zero-order valence-electron chi connectivity index (χ0n) is 19.3. The van der Waals surface area contributed by atoms with Crippen molar-refractivity contribution in [3.63, 3.8) is 0 Å². The van der Waals surface area contributed by atoms with Gasteiger partial charge in [-0.05, 0) is 56.0 Å². The van der Waals surface area contributed by atoms with E-state index in [0.717, 1.165) is 23.1 Å². The Morgan fingerprint density at radius 1 is 1.43 bits per heavy atom. The number of hydrogen-bond acceptors (Lipinski definition) is 6. The van der Waals surface area contributed by atoms with Gasteiger partial charge in [0.25, 0.3) is 0 Å². The molecule has 1 aliphatic rings. The summed E-state index contributed by atoms with van der Waals surface area (Å²) in [7, 11) is 1.55. The molecule has 1 aliphatic heterocycles. The van der Waals surface area contributed by atoms with E-state index in [1.807, 2.05) is 0 Å². The molecule has 0 saturated carbocycles. The number of piperidine rings is 1. The van der Waals surface area contributed by atoms with Gasteiger partial charge in [0.15, 0.2) is 0 Å². The highest BCUT2D eigenvalue weighted by Gasteiger charge is 2.34. The SMILES string of the molecule is COc1ccc2ncc(Cl)c(C(F)CCC3CCN(CCSc4cc(F)cs4)CC3C(=O)O)c2c1. The summed E-state index contributed by atoms with van der Waals surface area (Å²) < 4.78 is 34.8. The molecule has 35 heavy (non-hydrogen) atoms. The summed E-state index contributed by atoms with van der Waals surface area (Å²) in [6.07, 6.45) is 1.46. The maximum Gasteiger partial charge on any atom is 0.308 e. The van der Waals surface area contributed by atoms with E-state index in [1.165, 1.54) is 29.0 Å². The van der Waals surface area contributed by atoms with Crippen molar-refractivity contribution in [1.82, 2.24) is 9.88 Å². The van der Waals surface area contributed by atoms with Crippen molar-refractivity contribution in [2.75, 3.05) is 32.5 Å². The first-order valence-electron chi connectivity index (χ1n) is 11.4. The van der Waals surface area contributed by atoms with Crippen molar-refractivity contribution in [3.8, 4) is 5.75 Å². The summed E-state index contributed by atoms with van der Waals surface area (Å²) in [6, 6.07) is 6.79. The van der Waals surface area contributed by atoms with E-state index in [4.69, 9.17) is 16.3 Å². The molecule has 1 aromatic carbocycles. The Morgan fingerprint density at radius 3 is 2.97 bits per heavy atom. The fourth-order valence-corrected chi connectivity index (χ4v) is 6.82. The van der Waals surface area contributed by atoms with E-state index < -0.39 is 18.1 Å². The lowest BCUT2D eigenvalue weighted by atomic mass is 9.81. The summed E-state index contributed by atoms with van der Waals surface area (Å²) in [5.74, 6) is -0.375. The van der Waals surface area contributed by atoms with Gasteiger partial charge in [0.1, 0.15) is 17.7 Å². The molecule has 3 heterocycles. The van der Waals surface area contributed by atoms with Gasteiger partial charge >= 0.3 is 5.97 Å². The number of aliphatic carboxylic acids is 1. The minimum Gasteiger partial charge on any atom is -0.497 e. The Bertz CT molecular complexity index is 1180. The molecule has 0 amide bonds. The second kappa shape index (κ2) is 11.9. The zero-order chi connectivity index (χ0) is 24.9. The zero-order valence-corrected chi connectivity index (χ0v) is 21.6. The molecule has 1 saturated heterocycles. The van der Waals surface area contributed by atoms with Crippen LogP contribution in [0.15, 0.2) is 40.1 Å². The molecule has 0 bridgehead atoms. The van der Waals surface area contributed by atoms with Crippen molar-refractivity contribution in [3.05, 3.63) is 52.2 Å². The molecule has 188 valence electrons. The van der Waals surface area contributed by atoms with Crippen LogP contribution < -0.4 is 4.74 Å². The second-order valence-electron chi connectivity index (χ2n) is 8.67. The maximum absolute atomic E-state index is 15.5. The third-order valence-corrected chi connectivity index (χ3v) is 8.95. The summed E-state index contributed by atoms with van der Waals surface area (Å²) in [4.78, 5) is 18.4. The average Bonchev–Trinajstić information content (AvgIpc) is 3.27. The largest absolute Gasteiger partial charge is 0.497 e. The van der Waals surface area contributed by atoms with Crippen molar-refractivity contribution >= 4 is 51.6 Å². The van der Waals surface area contributed by atoms with Gasteiger partial charge in [0.2, 0.25) is 0 Å². The van der Waals surface area contributed by atoms with Gasteiger partial charge < -0.3 is 14.7 Å². The third kappa shape index (κ3) is 6.44. The van der Waals surface area contributed by atoms with Crippen LogP contribution in [0.1, 0.15) is 31.0 Å².